The third kappa shape index (κ3) is 4.55. The van der Waals surface area contributed by atoms with Crippen LogP contribution < -0.4 is 0 Å². The predicted molar refractivity (Wildman–Crippen MR) is 58.7 cm³/mol. The van der Waals surface area contributed by atoms with E-state index in [0.717, 1.165) is 0 Å². The van der Waals surface area contributed by atoms with E-state index in [2.05, 4.69) is 4.74 Å². The molecule has 1 aromatic rings. The Morgan fingerprint density at radius 2 is 2.06 bits per heavy atom. The van der Waals surface area contributed by atoms with Crippen LogP contribution in [-0.4, -0.2) is 19.2 Å². The lowest BCUT2D eigenvalue weighted by Gasteiger charge is -2.14. The molecule has 0 aromatic heterocycles. The largest absolute Gasteiger partial charge is 0.511 e. The van der Waals surface area contributed by atoms with Gasteiger partial charge in [-0.3, -0.25) is 0 Å². The summed E-state index contributed by atoms with van der Waals surface area (Å²) in [7, 11) is 0. The van der Waals surface area contributed by atoms with Crippen LogP contribution in [0.25, 0.3) is 0 Å². The maximum absolute atomic E-state index is 11.2. The molecule has 5 heteroatoms. The Kier molecular flexibility index (Phi) is 5.57. The van der Waals surface area contributed by atoms with Crippen molar-refractivity contribution in [2.75, 3.05) is 6.61 Å². The van der Waals surface area contributed by atoms with E-state index in [1.807, 2.05) is 6.92 Å². The SMILES string of the molecule is CCCOC(=O)OC(O[C]=O)c1ccccc1. The van der Waals surface area contributed by atoms with E-state index in [9.17, 15) is 9.59 Å². The lowest BCUT2D eigenvalue weighted by Crippen LogP contribution is -2.15. The summed E-state index contributed by atoms with van der Waals surface area (Å²) in [6.45, 7) is 3.36. The maximum atomic E-state index is 11.2. The van der Waals surface area contributed by atoms with Crippen molar-refractivity contribution in [3.8, 4) is 0 Å². The monoisotopic (exact) mass is 237 g/mol. The van der Waals surface area contributed by atoms with Crippen LogP contribution in [0.15, 0.2) is 30.3 Å². The Balaban J connectivity index is 2.60. The van der Waals surface area contributed by atoms with Gasteiger partial charge in [-0.15, -0.1) is 0 Å². The Morgan fingerprint density at radius 1 is 1.35 bits per heavy atom. The first-order chi connectivity index (χ1) is 8.27. The Bertz CT molecular complexity index is 349. The highest BCUT2D eigenvalue weighted by Crippen LogP contribution is 2.18. The van der Waals surface area contributed by atoms with Crippen molar-refractivity contribution in [2.24, 2.45) is 0 Å². The van der Waals surface area contributed by atoms with Crippen LogP contribution in [0.5, 0.6) is 0 Å². The molecule has 1 rings (SSSR count). The van der Waals surface area contributed by atoms with Crippen molar-refractivity contribution in [3.05, 3.63) is 35.9 Å². The molecule has 0 spiro atoms. The van der Waals surface area contributed by atoms with Gasteiger partial charge in [-0.1, -0.05) is 37.3 Å². The lowest BCUT2D eigenvalue weighted by molar-refractivity contribution is -0.0747. The molecular formula is C12H13O5. The van der Waals surface area contributed by atoms with Gasteiger partial charge in [0.25, 0.3) is 6.29 Å². The first kappa shape index (κ1) is 13.0. The minimum atomic E-state index is -1.13. The highest BCUT2D eigenvalue weighted by atomic mass is 16.8. The molecule has 0 fully saturated rings. The van der Waals surface area contributed by atoms with E-state index in [1.165, 1.54) is 6.47 Å². The van der Waals surface area contributed by atoms with Crippen LogP contribution in [-0.2, 0) is 19.0 Å². The summed E-state index contributed by atoms with van der Waals surface area (Å²) in [5.41, 5.74) is 0.532. The molecule has 0 heterocycles. The molecule has 0 aliphatic carbocycles. The summed E-state index contributed by atoms with van der Waals surface area (Å²) in [5.74, 6) is 0. The zero-order valence-electron chi connectivity index (χ0n) is 9.42. The summed E-state index contributed by atoms with van der Waals surface area (Å²) in [6.07, 6.45) is -1.32. The van der Waals surface area contributed by atoms with Gasteiger partial charge in [0.15, 0.2) is 0 Å². The molecule has 17 heavy (non-hydrogen) atoms. The molecule has 0 aliphatic rings. The number of hydrogen-bond acceptors (Lipinski definition) is 5. The quantitative estimate of drug-likeness (QED) is 0.561. The predicted octanol–water partition coefficient (Wildman–Crippen LogP) is 2.33. The molecule has 5 nitrogen and oxygen atoms in total. The molecule has 1 atom stereocenters. The number of hydrogen-bond donors (Lipinski definition) is 0. The second kappa shape index (κ2) is 7.27. The highest BCUT2D eigenvalue weighted by Gasteiger charge is 2.18. The Labute approximate surface area is 99.3 Å². The smallest absolute Gasteiger partial charge is 0.434 e. The van der Waals surface area contributed by atoms with Gasteiger partial charge < -0.3 is 14.2 Å². The zero-order chi connectivity index (χ0) is 12.5. The minimum absolute atomic E-state index is 0.255. The van der Waals surface area contributed by atoms with E-state index in [4.69, 9.17) is 9.47 Å². The molecule has 91 valence electrons. The summed E-state index contributed by atoms with van der Waals surface area (Å²) >= 11 is 0. The molecule has 0 N–H and O–H groups in total. The normalized spacial score (nSPS) is 11.4. The van der Waals surface area contributed by atoms with Crippen molar-refractivity contribution in [1.29, 1.82) is 0 Å². The number of carbonyl (C=O) groups is 1. The standard InChI is InChI=1S/C12H13O5/c1-2-8-15-12(14)17-11(16-9-13)10-6-4-3-5-7-10/h3-7,11H,2,8H2,1H3. The fourth-order valence-electron chi connectivity index (χ4n) is 1.12. The van der Waals surface area contributed by atoms with Crippen LogP contribution in [0.4, 0.5) is 4.79 Å². The van der Waals surface area contributed by atoms with Gasteiger partial charge >= 0.3 is 12.6 Å². The molecule has 0 saturated carbocycles. The van der Waals surface area contributed by atoms with Crippen LogP contribution >= 0.6 is 0 Å². The van der Waals surface area contributed by atoms with Gasteiger partial charge in [0.2, 0.25) is 0 Å². The van der Waals surface area contributed by atoms with Crippen LogP contribution in [0, 0.1) is 0 Å². The Morgan fingerprint density at radius 3 is 2.65 bits per heavy atom. The van der Waals surface area contributed by atoms with E-state index in [-0.39, 0.29) is 6.61 Å². The van der Waals surface area contributed by atoms with Gasteiger partial charge in [0, 0.05) is 5.56 Å². The number of ether oxygens (including phenoxy) is 3. The number of rotatable bonds is 6. The van der Waals surface area contributed by atoms with Crippen molar-refractivity contribution >= 4 is 12.6 Å². The topological polar surface area (TPSA) is 61.8 Å². The summed E-state index contributed by atoms with van der Waals surface area (Å²) in [6, 6.07) is 8.58. The molecule has 1 aromatic carbocycles. The molecule has 1 radical (unpaired) electrons. The van der Waals surface area contributed by atoms with Gasteiger partial charge in [-0.25, -0.2) is 9.59 Å². The van der Waals surface area contributed by atoms with Crippen molar-refractivity contribution in [3.63, 3.8) is 0 Å². The van der Waals surface area contributed by atoms with Gasteiger partial charge in [0.1, 0.15) is 0 Å². The summed E-state index contributed by atoms with van der Waals surface area (Å²) in [4.78, 5) is 21.4. The third-order valence-corrected chi connectivity index (χ3v) is 1.85. The van der Waals surface area contributed by atoms with Crippen LogP contribution in [0.2, 0.25) is 0 Å². The van der Waals surface area contributed by atoms with Crippen molar-refractivity contribution < 1.29 is 23.8 Å². The van der Waals surface area contributed by atoms with E-state index in [1.54, 1.807) is 30.3 Å². The lowest BCUT2D eigenvalue weighted by atomic mass is 10.2. The summed E-state index contributed by atoms with van der Waals surface area (Å²) < 4.78 is 14.1. The molecule has 0 aliphatic heterocycles. The number of benzene rings is 1. The second-order valence-corrected chi connectivity index (χ2v) is 3.16. The molecular weight excluding hydrogens is 224 g/mol. The van der Waals surface area contributed by atoms with E-state index >= 15 is 0 Å². The number of carbonyl (C=O) groups excluding carboxylic acids is 2. The van der Waals surface area contributed by atoms with Crippen LogP contribution in [0.3, 0.4) is 0 Å². The average molecular weight is 237 g/mol. The van der Waals surface area contributed by atoms with Gasteiger partial charge in [-0.05, 0) is 6.42 Å². The zero-order valence-corrected chi connectivity index (χ0v) is 9.42. The highest BCUT2D eigenvalue weighted by molar-refractivity contribution is 5.60. The van der Waals surface area contributed by atoms with Gasteiger partial charge in [-0.2, -0.15) is 0 Å². The van der Waals surface area contributed by atoms with Crippen molar-refractivity contribution in [2.45, 2.75) is 19.6 Å². The first-order valence-electron chi connectivity index (χ1n) is 5.19. The summed E-state index contributed by atoms with van der Waals surface area (Å²) in [5, 5.41) is 0. The molecule has 1 unspecified atom stereocenters. The molecule has 0 saturated heterocycles. The first-order valence-corrected chi connectivity index (χ1v) is 5.19. The van der Waals surface area contributed by atoms with Crippen molar-refractivity contribution in [1.82, 2.24) is 0 Å². The van der Waals surface area contributed by atoms with Gasteiger partial charge in [0.05, 0.1) is 6.61 Å². The third-order valence-electron chi connectivity index (χ3n) is 1.85. The maximum Gasteiger partial charge on any atom is 0.511 e. The molecule has 0 bridgehead atoms. The average Bonchev–Trinajstić information content (AvgIpc) is 2.37. The minimum Gasteiger partial charge on any atom is -0.434 e. The second-order valence-electron chi connectivity index (χ2n) is 3.16. The van der Waals surface area contributed by atoms with E-state index in [0.29, 0.717) is 12.0 Å². The van der Waals surface area contributed by atoms with E-state index < -0.39 is 12.4 Å². The fraction of sp³-hybridized carbons (Fsp3) is 0.333. The molecule has 0 amide bonds. The fourth-order valence-corrected chi connectivity index (χ4v) is 1.12. The van der Waals surface area contributed by atoms with Crippen LogP contribution in [0.1, 0.15) is 25.2 Å². The Hall–Kier alpha value is -2.04.